The Morgan fingerprint density at radius 3 is 1.62 bits per heavy atom. The van der Waals surface area contributed by atoms with Crippen molar-refractivity contribution in [3.8, 4) is 0 Å². The molecule has 0 amide bonds. The first kappa shape index (κ1) is 12.8. The first-order chi connectivity index (χ1) is 5.57. The van der Waals surface area contributed by atoms with E-state index in [2.05, 4.69) is 24.2 Å². The Hall–Kier alpha value is -0.160. The van der Waals surface area contributed by atoms with Crippen molar-refractivity contribution >= 4 is 0 Å². The largest absolute Gasteiger partial charge is 0.313 e. The molecule has 0 aliphatic heterocycles. The van der Waals surface area contributed by atoms with E-state index >= 15 is 0 Å². The smallest absolute Gasteiger partial charge is 0.0806 e. The Kier molecular flexibility index (Phi) is 3.87. The average molecular weight is 188 g/mol. The van der Waals surface area contributed by atoms with E-state index in [9.17, 15) is 0 Å². The Morgan fingerprint density at radius 1 is 1.00 bits per heavy atom. The van der Waals surface area contributed by atoms with Gasteiger partial charge in [0.05, 0.1) is 11.3 Å². The van der Waals surface area contributed by atoms with Crippen LogP contribution in [0.5, 0.6) is 0 Å². The van der Waals surface area contributed by atoms with E-state index in [1.807, 2.05) is 40.0 Å². The van der Waals surface area contributed by atoms with Gasteiger partial charge in [0.1, 0.15) is 0 Å². The van der Waals surface area contributed by atoms with Crippen molar-refractivity contribution < 1.29 is 0 Å². The van der Waals surface area contributed by atoms with Crippen LogP contribution in [0, 0.1) is 0 Å². The molecule has 0 fully saturated rings. The summed E-state index contributed by atoms with van der Waals surface area (Å²) in [5.41, 5.74) is 8.63. The maximum absolute atomic E-state index is 5.86. The van der Waals surface area contributed by atoms with Gasteiger partial charge in [0, 0.05) is 7.05 Å². The minimum atomic E-state index is -0.387. The normalized spacial score (nSPS) is 14.3. The lowest BCUT2D eigenvalue weighted by molar-refractivity contribution is -0.0404. The van der Waals surface area contributed by atoms with Gasteiger partial charge in [0.15, 0.2) is 0 Å². The lowest BCUT2D eigenvalue weighted by Crippen LogP contribution is -2.64. The molecule has 0 unspecified atom stereocenters. The standard InChI is InChI=1S/C9H24N4/c1-8(2,10)11-13(7)9(3,4)12(5)6/h11H,10H2,1-7H3. The van der Waals surface area contributed by atoms with Crippen molar-refractivity contribution in [2.75, 3.05) is 21.1 Å². The van der Waals surface area contributed by atoms with E-state index in [0.29, 0.717) is 0 Å². The van der Waals surface area contributed by atoms with Crippen molar-refractivity contribution in [2.24, 2.45) is 5.73 Å². The predicted molar refractivity (Wildman–Crippen MR) is 56.9 cm³/mol. The number of hydrazine groups is 1. The monoisotopic (exact) mass is 188 g/mol. The maximum atomic E-state index is 5.86. The number of nitrogens with two attached hydrogens (primary N) is 1. The average Bonchev–Trinajstić information content (AvgIpc) is 1.82. The van der Waals surface area contributed by atoms with E-state index in [1.54, 1.807) is 0 Å². The summed E-state index contributed by atoms with van der Waals surface area (Å²) in [6.07, 6.45) is 0. The third kappa shape index (κ3) is 4.04. The lowest BCUT2D eigenvalue weighted by Gasteiger charge is -2.44. The van der Waals surface area contributed by atoms with Crippen LogP contribution in [0.4, 0.5) is 0 Å². The van der Waals surface area contributed by atoms with Gasteiger partial charge in [-0.1, -0.05) is 0 Å². The summed E-state index contributed by atoms with van der Waals surface area (Å²) in [4.78, 5) is 2.13. The van der Waals surface area contributed by atoms with Crippen molar-refractivity contribution in [3.05, 3.63) is 0 Å². The summed E-state index contributed by atoms with van der Waals surface area (Å²) in [5.74, 6) is 0. The quantitative estimate of drug-likeness (QED) is 0.495. The van der Waals surface area contributed by atoms with Gasteiger partial charge in [0.25, 0.3) is 0 Å². The number of nitrogens with one attached hydrogen (secondary N) is 1. The summed E-state index contributed by atoms with van der Waals surface area (Å²) in [5, 5.41) is 2.02. The highest BCUT2D eigenvalue weighted by molar-refractivity contribution is 4.77. The molecule has 0 rings (SSSR count). The lowest BCUT2D eigenvalue weighted by atomic mass is 10.2. The zero-order chi connectivity index (χ0) is 10.9. The highest BCUT2D eigenvalue weighted by Gasteiger charge is 2.28. The first-order valence-corrected chi connectivity index (χ1v) is 4.55. The van der Waals surface area contributed by atoms with E-state index < -0.39 is 0 Å². The zero-order valence-electron chi connectivity index (χ0n) is 9.97. The third-order valence-corrected chi connectivity index (χ3v) is 2.37. The molecule has 4 heteroatoms. The van der Waals surface area contributed by atoms with Crippen LogP contribution in [0.25, 0.3) is 0 Å². The van der Waals surface area contributed by atoms with Crippen molar-refractivity contribution in [1.82, 2.24) is 15.3 Å². The number of hydrogen-bond acceptors (Lipinski definition) is 4. The molecule has 0 saturated carbocycles. The fourth-order valence-electron chi connectivity index (χ4n) is 0.869. The van der Waals surface area contributed by atoms with E-state index in [0.717, 1.165) is 0 Å². The molecular weight excluding hydrogens is 164 g/mol. The third-order valence-electron chi connectivity index (χ3n) is 2.37. The van der Waals surface area contributed by atoms with Crippen LogP contribution in [-0.2, 0) is 0 Å². The van der Waals surface area contributed by atoms with Gasteiger partial charge >= 0.3 is 0 Å². The Morgan fingerprint density at radius 2 is 1.38 bits per heavy atom. The van der Waals surface area contributed by atoms with Gasteiger partial charge in [-0.2, -0.15) is 0 Å². The first-order valence-electron chi connectivity index (χ1n) is 4.55. The Balaban J connectivity index is 4.34. The van der Waals surface area contributed by atoms with Gasteiger partial charge in [0.2, 0.25) is 0 Å². The molecule has 0 aliphatic rings. The van der Waals surface area contributed by atoms with E-state index in [4.69, 9.17) is 5.73 Å². The molecule has 0 aliphatic carbocycles. The molecule has 0 heterocycles. The number of nitrogens with zero attached hydrogens (tertiary/aromatic N) is 2. The molecule has 0 aromatic carbocycles. The van der Waals surface area contributed by atoms with E-state index in [-0.39, 0.29) is 11.3 Å². The Labute approximate surface area is 82.0 Å². The number of rotatable bonds is 4. The van der Waals surface area contributed by atoms with Gasteiger partial charge in [-0.25, -0.2) is 10.4 Å². The molecule has 0 bridgehead atoms. The van der Waals surface area contributed by atoms with Crippen LogP contribution < -0.4 is 11.2 Å². The summed E-state index contributed by atoms with van der Waals surface area (Å²) < 4.78 is 0. The van der Waals surface area contributed by atoms with Crippen LogP contribution in [0.15, 0.2) is 0 Å². The van der Waals surface area contributed by atoms with Crippen LogP contribution in [0.1, 0.15) is 27.7 Å². The van der Waals surface area contributed by atoms with Crippen molar-refractivity contribution in [1.29, 1.82) is 0 Å². The molecule has 0 aromatic rings. The predicted octanol–water partition coefficient (Wildman–Crippen LogP) is 0.415. The van der Waals surface area contributed by atoms with Gasteiger partial charge < -0.3 is 5.73 Å². The van der Waals surface area contributed by atoms with Crippen molar-refractivity contribution in [3.63, 3.8) is 0 Å². The molecule has 0 aromatic heterocycles. The molecular formula is C9H24N4. The van der Waals surface area contributed by atoms with Crippen molar-refractivity contribution in [2.45, 2.75) is 39.0 Å². The molecule has 0 spiro atoms. The second kappa shape index (κ2) is 3.92. The number of hydrogen-bond donors (Lipinski definition) is 2. The van der Waals surface area contributed by atoms with Crippen LogP contribution >= 0.6 is 0 Å². The fourth-order valence-corrected chi connectivity index (χ4v) is 0.869. The fraction of sp³-hybridized carbons (Fsp3) is 1.00. The molecule has 0 radical (unpaired) electrons. The van der Waals surface area contributed by atoms with Crippen LogP contribution in [-0.4, -0.2) is 42.4 Å². The molecule has 3 N–H and O–H groups in total. The second-order valence-electron chi connectivity index (χ2n) is 4.78. The summed E-state index contributed by atoms with van der Waals surface area (Å²) in [6.45, 7) is 8.14. The topological polar surface area (TPSA) is 44.5 Å². The van der Waals surface area contributed by atoms with Crippen LogP contribution in [0.3, 0.4) is 0 Å². The second-order valence-corrected chi connectivity index (χ2v) is 4.78. The molecule has 4 nitrogen and oxygen atoms in total. The van der Waals surface area contributed by atoms with Crippen LogP contribution in [0.2, 0.25) is 0 Å². The zero-order valence-corrected chi connectivity index (χ0v) is 9.97. The minimum Gasteiger partial charge on any atom is -0.313 e. The summed E-state index contributed by atoms with van der Waals surface area (Å²) in [7, 11) is 6.08. The SMILES string of the molecule is CN(C)C(C)(C)N(C)NC(C)(C)N. The highest BCUT2D eigenvalue weighted by Crippen LogP contribution is 2.13. The maximum Gasteiger partial charge on any atom is 0.0806 e. The summed E-state index contributed by atoms with van der Waals surface area (Å²) >= 11 is 0. The highest BCUT2D eigenvalue weighted by atomic mass is 15.6. The van der Waals surface area contributed by atoms with Gasteiger partial charge in [-0.3, -0.25) is 4.90 Å². The molecule has 0 saturated heterocycles. The van der Waals surface area contributed by atoms with Gasteiger partial charge in [-0.05, 0) is 41.8 Å². The summed E-state index contributed by atoms with van der Waals surface area (Å²) in [6, 6.07) is 0. The molecule has 80 valence electrons. The Bertz CT molecular complexity index is 157. The molecule has 0 atom stereocenters. The van der Waals surface area contributed by atoms with E-state index in [1.165, 1.54) is 0 Å². The minimum absolute atomic E-state index is 0.0589. The molecule has 13 heavy (non-hydrogen) atoms. The van der Waals surface area contributed by atoms with Gasteiger partial charge in [-0.15, -0.1) is 0 Å².